The zero-order valence-corrected chi connectivity index (χ0v) is 19.0. The van der Waals surface area contributed by atoms with Crippen LogP contribution >= 0.6 is 0 Å². The molecule has 0 aliphatic carbocycles. The number of allylic oxidation sites excluding steroid dienone is 1. The molecule has 0 bridgehead atoms. The highest BCUT2D eigenvalue weighted by molar-refractivity contribution is 5.81. The van der Waals surface area contributed by atoms with Gasteiger partial charge in [0.15, 0.2) is 0 Å². The largest absolute Gasteiger partial charge is 0.481 e. The average Bonchev–Trinajstić information content (AvgIpc) is 2.74. The van der Waals surface area contributed by atoms with Crippen molar-refractivity contribution in [1.29, 1.82) is 0 Å². The van der Waals surface area contributed by atoms with Crippen molar-refractivity contribution < 1.29 is 39.5 Å². The Labute approximate surface area is 186 Å². The number of rotatable bonds is 19. The lowest BCUT2D eigenvalue weighted by atomic mass is 10.1. The molecule has 0 aliphatic rings. The van der Waals surface area contributed by atoms with Crippen LogP contribution in [0.15, 0.2) is 12.2 Å². The molecule has 0 aliphatic heterocycles. The summed E-state index contributed by atoms with van der Waals surface area (Å²) in [4.78, 5) is 30.5. The monoisotopic (exact) mass is 446 g/mol. The molecule has 0 amide bonds. The van der Waals surface area contributed by atoms with E-state index in [2.05, 4.69) is 6.92 Å². The number of aliphatic hydroxyl groups excluding tert-OH is 2. The van der Waals surface area contributed by atoms with Crippen LogP contribution in [0.3, 0.4) is 0 Å². The first-order valence-electron chi connectivity index (χ1n) is 11.4. The summed E-state index contributed by atoms with van der Waals surface area (Å²) in [6, 6.07) is 0. The number of carboxylic acid groups (broad SMARTS) is 2. The van der Waals surface area contributed by atoms with Crippen molar-refractivity contribution in [1.82, 2.24) is 0 Å². The molecule has 0 aromatic heterocycles. The molecule has 0 spiro atoms. The highest BCUT2D eigenvalue weighted by atomic mass is 16.5. The summed E-state index contributed by atoms with van der Waals surface area (Å²) in [6.45, 7) is 1.70. The van der Waals surface area contributed by atoms with E-state index < -0.39 is 30.6 Å². The van der Waals surface area contributed by atoms with E-state index >= 15 is 0 Å². The van der Waals surface area contributed by atoms with Gasteiger partial charge < -0.3 is 25.2 Å². The number of unbranched alkanes of at least 4 members (excludes halogenated alkanes) is 11. The first kappa shape index (κ1) is 31.3. The molecule has 8 nitrogen and oxygen atoms in total. The number of hydrogen-bond donors (Lipinski definition) is 4. The number of aliphatic hydroxyl groups is 2. The number of hydrogen-bond acceptors (Lipinski definition) is 6. The standard InChI is InChI=1S/C19H36O4.C4H6O4/c1-2-3-4-5-6-7-8-9-10-11-12-13-14-15-19(22)23-17-18(21)16-20;5-3(6)1-2-4(7)8/h14-15,18,20-21H,2-13,16-17H2,1H3;1-2H2,(H,5,6)(H,7,8). The molecule has 8 heteroatoms. The zero-order chi connectivity index (χ0) is 23.7. The van der Waals surface area contributed by atoms with E-state index in [1.165, 1.54) is 70.3 Å². The first-order chi connectivity index (χ1) is 14.8. The summed E-state index contributed by atoms with van der Waals surface area (Å²) in [7, 11) is 0. The second-order valence-corrected chi connectivity index (χ2v) is 7.48. The SMILES string of the molecule is CCCCCCCCCCCCCC=CC(=O)OCC(O)CO.O=C(O)CCC(=O)O. The normalized spacial score (nSPS) is 11.6. The van der Waals surface area contributed by atoms with Gasteiger partial charge in [-0.05, 0) is 12.8 Å². The van der Waals surface area contributed by atoms with Crippen molar-refractivity contribution in [3.63, 3.8) is 0 Å². The van der Waals surface area contributed by atoms with Crippen LogP contribution in [0.2, 0.25) is 0 Å². The van der Waals surface area contributed by atoms with Crippen molar-refractivity contribution in [3.05, 3.63) is 12.2 Å². The van der Waals surface area contributed by atoms with Gasteiger partial charge in [0.25, 0.3) is 0 Å². The minimum atomic E-state index is -1.08. The van der Waals surface area contributed by atoms with E-state index in [1.807, 2.05) is 6.08 Å². The Morgan fingerprint density at radius 1 is 0.806 bits per heavy atom. The summed E-state index contributed by atoms with van der Waals surface area (Å²) >= 11 is 0. The molecule has 0 heterocycles. The third kappa shape index (κ3) is 30.4. The number of carboxylic acids is 2. The predicted octanol–water partition coefficient (Wildman–Crippen LogP) is 4.08. The van der Waals surface area contributed by atoms with Crippen molar-refractivity contribution >= 4 is 17.9 Å². The number of carbonyl (C=O) groups excluding carboxylic acids is 1. The van der Waals surface area contributed by atoms with Crippen LogP contribution in [0.1, 0.15) is 96.8 Å². The van der Waals surface area contributed by atoms with Crippen LogP contribution < -0.4 is 0 Å². The van der Waals surface area contributed by atoms with Gasteiger partial charge in [-0.2, -0.15) is 0 Å². The lowest BCUT2D eigenvalue weighted by molar-refractivity contribution is -0.143. The quantitative estimate of drug-likeness (QED) is 0.132. The van der Waals surface area contributed by atoms with E-state index in [4.69, 9.17) is 25.2 Å². The molecule has 0 aromatic carbocycles. The molecule has 0 saturated carbocycles. The summed E-state index contributed by atoms with van der Waals surface area (Å²) < 4.78 is 4.77. The third-order valence-electron chi connectivity index (χ3n) is 4.41. The summed E-state index contributed by atoms with van der Waals surface area (Å²) in [5, 5.41) is 33.4. The molecule has 0 radical (unpaired) electrons. The van der Waals surface area contributed by atoms with Gasteiger partial charge in [0, 0.05) is 6.08 Å². The van der Waals surface area contributed by atoms with E-state index in [-0.39, 0.29) is 19.4 Å². The van der Waals surface area contributed by atoms with E-state index in [9.17, 15) is 14.4 Å². The molecule has 0 fully saturated rings. The van der Waals surface area contributed by atoms with Crippen molar-refractivity contribution in [2.45, 2.75) is 103 Å². The molecule has 0 rings (SSSR count). The predicted molar refractivity (Wildman–Crippen MR) is 119 cm³/mol. The van der Waals surface area contributed by atoms with E-state index in [0.29, 0.717) is 0 Å². The smallest absolute Gasteiger partial charge is 0.330 e. The second kappa shape index (κ2) is 24.3. The zero-order valence-electron chi connectivity index (χ0n) is 19.0. The van der Waals surface area contributed by atoms with E-state index in [0.717, 1.165) is 12.8 Å². The Balaban J connectivity index is 0. The van der Waals surface area contributed by atoms with Gasteiger partial charge in [-0.25, -0.2) is 4.79 Å². The van der Waals surface area contributed by atoms with Gasteiger partial charge in [0.2, 0.25) is 0 Å². The Hall–Kier alpha value is -1.93. The highest BCUT2D eigenvalue weighted by Crippen LogP contribution is 2.12. The van der Waals surface area contributed by atoms with Gasteiger partial charge >= 0.3 is 17.9 Å². The first-order valence-corrected chi connectivity index (χ1v) is 11.4. The lowest BCUT2D eigenvalue weighted by Gasteiger charge is -2.06. The third-order valence-corrected chi connectivity index (χ3v) is 4.41. The Bertz CT molecular complexity index is 462. The van der Waals surface area contributed by atoms with Gasteiger partial charge in [-0.3, -0.25) is 9.59 Å². The number of ether oxygens (including phenoxy) is 1. The van der Waals surface area contributed by atoms with Crippen molar-refractivity contribution in [2.24, 2.45) is 0 Å². The number of carbonyl (C=O) groups is 3. The summed E-state index contributed by atoms with van der Waals surface area (Å²) in [6.07, 6.45) is 17.0. The van der Waals surface area contributed by atoms with Crippen LogP contribution in [0.25, 0.3) is 0 Å². The number of aliphatic carboxylic acids is 2. The fourth-order valence-electron chi connectivity index (χ4n) is 2.60. The van der Waals surface area contributed by atoms with Crippen molar-refractivity contribution in [2.75, 3.05) is 13.2 Å². The lowest BCUT2D eigenvalue weighted by Crippen LogP contribution is -2.21. The molecular formula is C23H42O8. The van der Waals surface area contributed by atoms with Crippen LogP contribution in [-0.2, 0) is 19.1 Å². The van der Waals surface area contributed by atoms with E-state index in [1.54, 1.807) is 0 Å². The van der Waals surface area contributed by atoms with Gasteiger partial charge in [-0.15, -0.1) is 0 Å². The van der Waals surface area contributed by atoms with Gasteiger partial charge in [0.05, 0.1) is 19.4 Å². The van der Waals surface area contributed by atoms with Crippen LogP contribution in [0.4, 0.5) is 0 Å². The Morgan fingerprint density at radius 2 is 1.26 bits per heavy atom. The fraction of sp³-hybridized carbons (Fsp3) is 0.783. The summed E-state index contributed by atoms with van der Waals surface area (Å²) in [5.74, 6) is -2.61. The highest BCUT2D eigenvalue weighted by Gasteiger charge is 2.04. The fourth-order valence-corrected chi connectivity index (χ4v) is 2.60. The maximum absolute atomic E-state index is 11.3. The minimum Gasteiger partial charge on any atom is -0.481 e. The van der Waals surface area contributed by atoms with Crippen LogP contribution in [-0.4, -0.2) is 57.7 Å². The Morgan fingerprint density at radius 3 is 1.68 bits per heavy atom. The topological polar surface area (TPSA) is 141 Å². The maximum atomic E-state index is 11.3. The summed E-state index contributed by atoms with van der Waals surface area (Å²) in [5.41, 5.74) is 0. The minimum absolute atomic E-state index is 0.155. The van der Waals surface area contributed by atoms with Crippen LogP contribution in [0.5, 0.6) is 0 Å². The molecule has 4 N–H and O–H groups in total. The molecule has 0 saturated heterocycles. The number of esters is 1. The maximum Gasteiger partial charge on any atom is 0.330 e. The molecule has 182 valence electrons. The van der Waals surface area contributed by atoms with Gasteiger partial charge in [0.1, 0.15) is 12.7 Å². The molecular weight excluding hydrogens is 404 g/mol. The molecule has 1 atom stereocenters. The molecule has 1 unspecified atom stereocenters. The molecule has 31 heavy (non-hydrogen) atoms. The molecule has 0 aromatic rings. The van der Waals surface area contributed by atoms with Crippen molar-refractivity contribution in [3.8, 4) is 0 Å². The average molecular weight is 447 g/mol. The van der Waals surface area contributed by atoms with Crippen LogP contribution in [0, 0.1) is 0 Å². The second-order valence-electron chi connectivity index (χ2n) is 7.48. The van der Waals surface area contributed by atoms with Gasteiger partial charge in [-0.1, -0.05) is 77.2 Å². The Kier molecular flexibility index (Phi) is 24.5.